The first-order valence-electron chi connectivity index (χ1n) is 8.23. The summed E-state index contributed by atoms with van der Waals surface area (Å²) in [5.74, 6) is -0.489. The lowest BCUT2D eigenvalue weighted by atomic mass is 10.0. The molecule has 2 heterocycles. The average molecular weight is 405 g/mol. The maximum absolute atomic E-state index is 12.2. The lowest BCUT2D eigenvalue weighted by molar-refractivity contribution is -0.117. The molecule has 1 aliphatic rings. The molecule has 5 N–H and O–H groups in total. The van der Waals surface area contributed by atoms with Crippen molar-refractivity contribution in [1.82, 2.24) is 15.6 Å². The Morgan fingerprint density at radius 3 is 2.81 bits per heavy atom. The number of nitrogens with two attached hydrogens (primary N) is 1. The highest BCUT2D eigenvalue weighted by Crippen LogP contribution is 2.34. The number of aromatic nitrogens is 1. The first-order chi connectivity index (χ1) is 12.5. The van der Waals surface area contributed by atoms with Crippen LogP contribution < -0.4 is 16.4 Å². The van der Waals surface area contributed by atoms with E-state index < -0.39 is 0 Å². The van der Waals surface area contributed by atoms with Crippen molar-refractivity contribution in [1.29, 1.82) is 0 Å². The number of H-pyrrole nitrogens is 1. The highest BCUT2D eigenvalue weighted by Gasteiger charge is 2.26. The fraction of sp³-hybridized carbons (Fsp3) is 0.158. The summed E-state index contributed by atoms with van der Waals surface area (Å²) in [5.41, 5.74) is 10.3. The van der Waals surface area contributed by atoms with Crippen LogP contribution >= 0.6 is 24.0 Å². The van der Waals surface area contributed by atoms with Gasteiger partial charge in [-0.05, 0) is 29.8 Å². The number of hydrogen-bond donors (Lipinski definition) is 4. The number of halogens is 2. The molecule has 4 rings (SSSR count). The van der Waals surface area contributed by atoms with Crippen molar-refractivity contribution in [3.05, 3.63) is 58.1 Å². The Morgan fingerprint density at radius 2 is 2.04 bits per heavy atom. The van der Waals surface area contributed by atoms with Crippen molar-refractivity contribution in [2.75, 3.05) is 6.54 Å². The van der Waals surface area contributed by atoms with Crippen LogP contribution in [0.5, 0.6) is 0 Å². The van der Waals surface area contributed by atoms with Gasteiger partial charge in [-0.2, -0.15) is 0 Å². The minimum Gasteiger partial charge on any atom is -0.369 e. The second kappa shape index (κ2) is 7.60. The van der Waals surface area contributed by atoms with Gasteiger partial charge >= 0.3 is 0 Å². The van der Waals surface area contributed by atoms with Gasteiger partial charge in [0.2, 0.25) is 5.91 Å². The van der Waals surface area contributed by atoms with Gasteiger partial charge < -0.3 is 21.4 Å². The van der Waals surface area contributed by atoms with Crippen molar-refractivity contribution in [3.63, 3.8) is 0 Å². The third kappa shape index (κ3) is 3.64. The van der Waals surface area contributed by atoms with Gasteiger partial charge in [0, 0.05) is 45.8 Å². The Balaban J connectivity index is 0.00000210. The van der Waals surface area contributed by atoms with Gasteiger partial charge in [0.1, 0.15) is 0 Å². The fourth-order valence-corrected chi connectivity index (χ4v) is 3.53. The lowest BCUT2D eigenvalue weighted by Crippen LogP contribution is -2.28. The summed E-state index contributed by atoms with van der Waals surface area (Å²) in [4.78, 5) is 26.4. The molecule has 3 aromatic rings. The topological polar surface area (TPSA) is 100 Å². The van der Waals surface area contributed by atoms with E-state index in [-0.39, 0.29) is 30.8 Å². The van der Waals surface area contributed by atoms with Gasteiger partial charge in [-0.1, -0.05) is 23.7 Å². The summed E-state index contributed by atoms with van der Waals surface area (Å²) in [7, 11) is 0. The summed E-state index contributed by atoms with van der Waals surface area (Å²) < 4.78 is 0. The highest BCUT2D eigenvalue weighted by molar-refractivity contribution is 6.32. The van der Waals surface area contributed by atoms with Crippen LogP contribution in [0.2, 0.25) is 5.02 Å². The molecule has 140 valence electrons. The number of rotatable bonds is 5. The molecular formula is C19H18Cl2N4O2. The van der Waals surface area contributed by atoms with Gasteiger partial charge in [-0.25, -0.2) is 0 Å². The monoisotopic (exact) mass is 404 g/mol. The molecular weight excluding hydrogens is 387 g/mol. The van der Waals surface area contributed by atoms with Crippen molar-refractivity contribution in [2.24, 2.45) is 5.73 Å². The summed E-state index contributed by atoms with van der Waals surface area (Å²) >= 11 is 6.22. The molecule has 0 bridgehead atoms. The third-order valence-corrected chi connectivity index (χ3v) is 4.87. The van der Waals surface area contributed by atoms with Crippen LogP contribution in [0.4, 0.5) is 0 Å². The van der Waals surface area contributed by atoms with E-state index in [1.54, 1.807) is 0 Å². The van der Waals surface area contributed by atoms with E-state index in [1.165, 1.54) is 0 Å². The van der Waals surface area contributed by atoms with E-state index in [0.29, 0.717) is 23.7 Å². The Morgan fingerprint density at radius 1 is 1.22 bits per heavy atom. The van der Waals surface area contributed by atoms with Gasteiger partial charge in [0.05, 0.1) is 12.1 Å². The first-order valence-corrected chi connectivity index (χ1v) is 8.61. The summed E-state index contributed by atoms with van der Waals surface area (Å²) in [5, 5.41) is 7.45. The molecule has 0 saturated carbocycles. The van der Waals surface area contributed by atoms with Gasteiger partial charge in [0.15, 0.2) is 0 Å². The molecule has 0 atom stereocenters. The number of carbonyl (C=O) groups excluding carboxylic acids is 2. The standard InChI is InChI=1S/C19H17ClN4O2.ClH/c20-14-3-2-12(18-13(14)8-23-19(18)26)16-6-11-5-10(1-4-15(11)24-16)7-22-9-17(21)25;/h1-6,22,24H,7-9H2,(H2,21,25)(H,23,26);1H. The van der Waals surface area contributed by atoms with Gasteiger partial charge in [-0.15, -0.1) is 12.4 Å². The molecule has 0 saturated heterocycles. The average Bonchev–Trinajstić information content (AvgIpc) is 3.19. The van der Waals surface area contributed by atoms with E-state index in [9.17, 15) is 9.59 Å². The maximum Gasteiger partial charge on any atom is 0.252 e. The molecule has 8 heteroatoms. The molecule has 2 amide bonds. The second-order valence-electron chi connectivity index (χ2n) is 6.31. The predicted octanol–water partition coefficient (Wildman–Crippen LogP) is 2.73. The van der Waals surface area contributed by atoms with E-state index in [0.717, 1.165) is 33.3 Å². The smallest absolute Gasteiger partial charge is 0.252 e. The molecule has 0 aliphatic carbocycles. The second-order valence-corrected chi connectivity index (χ2v) is 6.71. The number of nitrogens with one attached hydrogen (secondary N) is 3. The molecule has 27 heavy (non-hydrogen) atoms. The quantitative estimate of drug-likeness (QED) is 0.525. The van der Waals surface area contributed by atoms with Crippen molar-refractivity contribution in [2.45, 2.75) is 13.1 Å². The van der Waals surface area contributed by atoms with E-state index >= 15 is 0 Å². The lowest BCUT2D eigenvalue weighted by Gasteiger charge is -2.06. The van der Waals surface area contributed by atoms with Crippen molar-refractivity contribution >= 4 is 46.7 Å². The minimum atomic E-state index is -0.384. The Hall–Kier alpha value is -2.54. The molecule has 0 fully saturated rings. The molecule has 1 aliphatic heterocycles. The molecule has 2 aromatic carbocycles. The Labute approximate surface area is 166 Å². The minimum absolute atomic E-state index is 0. The van der Waals surface area contributed by atoms with Crippen molar-refractivity contribution < 1.29 is 9.59 Å². The van der Waals surface area contributed by atoms with E-state index in [4.69, 9.17) is 17.3 Å². The number of fused-ring (bicyclic) bond motifs is 2. The van der Waals surface area contributed by atoms with E-state index in [1.807, 2.05) is 36.4 Å². The number of benzene rings is 2. The van der Waals surface area contributed by atoms with Crippen LogP contribution in [-0.2, 0) is 17.9 Å². The van der Waals surface area contributed by atoms with Crippen LogP contribution in [-0.4, -0.2) is 23.3 Å². The predicted molar refractivity (Wildman–Crippen MR) is 108 cm³/mol. The molecule has 0 radical (unpaired) electrons. The normalized spacial score (nSPS) is 12.6. The number of amides is 2. The first kappa shape index (κ1) is 19.2. The van der Waals surface area contributed by atoms with Crippen LogP contribution in [0.25, 0.3) is 22.2 Å². The number of primary amides is 1. The Bertz CT molecular complexity index is 1050. The van der Waals surface area contributed by atoms with Crippen LogP contribution in [0.15, 0.2) is 36.4 Å². The number of aromatic amines is 1. The van der Waals surface area contributed by atoms with Crippen LogP contribution in [0, 0.1) is 0 Å². The SMILES string of the molecule is Cl.NC(=O)CNCc1ccc2[nH]c(-c3ccc(Cl)c4c3C(=O)NC4)cc2c1. The highest BCUT2D eigenvalue weighted by atomic mass is 35.5. The van der Waals surface area contributed by atoms with Crippen molar-refractivity contribution in [3.8, 4) is 11.3 Å². The van der Waals surface area contributed by atoms with Gasteiger partial charge in [-0.3, -0.25) is 9.59 Å². The van der Waals surface area contributed by atoms with Gasteiger partial charge in [0.25, 0.3) is 5.91 Å². The van der Waals surface area contributed by atoms with E-state index in [2.05, 4.69) is 15.6 Å². The Kier molecular flexibility index (Phi) is 5.41. The zero-order chi connectivity index (χ0) is 18.3. The largest absolute Gasteiger partial charge is 0.369 e. The summed E-state index contributed by atoms with van der Waals surface area (Å²) in [6, 6.07) is 11.7. The summed E-state index contributed by atoms with van der Waals surface area (Å²) in [6.45, 7) is 1.15. The summed E-state index contributed by atoms with van der Waals surface area (Å²) in [6.07, 6.45) is 0. The number of hydrogen-bond acceptors (Lipinski definition) is 3. The zero-order valence-electron chi connectivity index (χ0n) is 14.3. The molecule has 6 nitrogen and oxygen atoms in total. The molecule has 0 spiro atoms. The molecule has 1 aromatic heterocycles. The zero-order valence-corrected chi connectivity index (χ0v) is 15.8. The fourth-order valence-electron chi connectivity index (χ4n) is 3.30. The number of carbonyl (C=O) groups is 2. The third-order valence-electron chi connectivity index (χ3n) is 4.51. The van der Waals surface area contributed by atoms with Crippen LogP contribution in [0.1, 0.15) is 21.5 Å². The maximum atomic E-state index is 12.2. The van der Waals surface area contributed by atoms with Crippen LogP contribution in [0.3, 0.4) is 0 Å². The molecule has 0 unspecified atom stereocenters.